The van der Waals surface area contributed by atoms with Crippen LogP contribution in [-0.2, 0) is 0 Å². The van der Waals surface area contributed by atoms with Crippen LogP contribution in [0.3, 0.4) is 0 Å². The molecule has 1 aliphatic rings. The normalized spacial score (nSPS) is 20.3. The van der Waals surface area contributed by atoms with E-state index in [0.717, 1.165) is 31.9 Å². The molecule has 2 amide bonds. The van der Waals surface area contributed by atoms with Crippen LogP contribution in [0.2, 0.25) is 0 Å². The van der Waals surface area contributed by atoms with Crippen molar-refractivity contribution in [3.63, 3.8) is 0 Å². The molecule has 1 aromatic rings. The number of nitrogens with zero attached hydrogens (tertiary/aromatic N) is 2. The zero-order valence-electron chi connectivity index (χ0n) is 11.6. The van der Waals surface area contributed by atoms with E-state index < -0.39 is 0 Å². The molecule has 2 N–H and O–H groups in total. The summed E-state index contributed by atoms with van der Waals surface area (Å²) in [4.78, 5) is 16.4. The Morgan fingerprint density at radius 1 is 1.32 bits per heavy atom. The first kappa shape index (κ1) is 13.8. The van der Waals surface area contributed by atoms with Crippen LogP contribution >= 0.6 is 0 Å². The first-order valence-corrected chi connectivity index (χ1v) is 6.66. The average molecular weight is 262 g/mol. The number of amides is 2. The van der Waals surface area contributed by atoms with Crippen molar-refractivity contribution in [1.29, 1.82) is 0 Å². The van der Waals surface area contributed by atoms with Crippen LogP contribution in [0.25, 0.3) is 0 Å². The van der Waals surface area contributed by atoms with E-state index in [-0.39, 0.29) is 6.03 Å². The molecule has 1 aliphatic heterocycles. The molecule has 0 aliphatic carbocycles. The van der Waals surface area contributed by atoms with E-state index in [1.165, 1.54) is 0 Å². The summed E-state index contributed by atoms with van der Waals surface area (Å²) in [7, 11) is 4.05. The number of urea groups is 1. The standard InChI is InChI=1S/C14H22N4O/c1-15-10-13-11-18(9-8-17(13)2)14(19)16-12-6-4-3-5-7-12/h3-7,13,15H,8-11H2,1-2H3,(H,16,19). The Morgan fingerprint density at radius 2 is 2.05 bits per heavy atom. The average Bonchev–Trinajstić information content (AvgIpc) is 2.42. The van der Waals surface area contributed by atoms with E-state index in [0.29, 0.717) is 6.04 Å². The van der Waals surface area contributed by atoms with Crippen LogP contribution in [0.5, 0.6) is 0 Å². The molecule has 2 rings (SSSR count). The Labute approximate surface area is 114 Å². The second-order valence-electron chi connectivity index (χ2n) is 4.93. The minimum Gasteiger partial charge on any atom is -0.322 e. The van der Waals surface area contributed by atoms with Gasteiger partial charge in [-0.3, -0.25) is 4.90 Å². The summed E-state index contributed by atoms with van der Waals surface area (Å²) in [5.74, 6) is 0. The van der Waals surface area contributed by atoms with Crippen molar-refractivity contribution in [3.8, 4) is 0 Å². The maximum Gasteiger partial charge on any atom is 0.321 e. The van der Waals surface area contributed by atoms with Crippen molar-refractivity contribution in [1.82, 2.24) is 15.1 Å². The van der Waals surface area contributed by atoms with Gasteiger partial charge in [0, 0.05) is 37.9 Å². The molecule has 104 valence electrons. The van der Waals surface area contributed by atoms with Crippen molar-refractivity contribution in [2.45, 2.75) is 6.04 Å². The van der Waals surface area contributed by atoms with Crippen molar-refractivity contribution in [2.75, 3.05) is 45.6 Å². The Kier molecular flexibility index (Phi) is 4.76. The third kappa shape index (κ3) is 3.68. The van der Waals surface area contributed by atoms with Gasteiger partial charge in [0.25, 0.3) is 0 Å². The minimum absolute atomic E-state index is 0.0135. The highest BCUT2D eigenvalue weighted by Gasteiger charge is 2.26. The van der Waals surface area contributed by atoms with Crippen LogP contribution in [0, 0.1) is 0 Å². The van der Waals surface area contributed by atoms with Gasteiger partial charge < -0.3 is 15.5 Å². The number of hydrogen-bond donors (Lipinski definition) is 2. The summed E-state index contributed by atoms with van der Waals surface area (Å²) in [5, 5.41) is 6.11. The van der Waals surface area contributed by atoms with Gasteiger partial charge in [0.1, 0.15) is 0 Å². The molecule has 0 radical (unpaired) electrons. The fourth-order valence-electron chi connectivity index (χ4n) is 2.31. The molecule has 1 heterocycles. The van der Waals surface area contributed by atoms with Crippen LogP contribution in [0.1, 0.15) is 0 Å². The monoisotopic (exact) mass is 262 g/mol. The van der Waals surface area contributed by atoms with Gasteiger partial charge in [0.05, 0.1) is 0 Å². The largest absolute Gasteiger partial charge is 0.322 e. The van der Waals surface area contributed by atoms with Gasteiger partial charge in [-0.1, -0.05) is 18.2 Å². The van der Waals surface area contributed by atoms with E-state index in [1.807, 2.05) is 42.3 Å². The highest BCUT2D eigenvalue weighted by molar-refractivity contribution is 5.89. The Morgan fingerprint density at radius 3 is 2.74 bits per heavy atom. The lowest BCUT2D eigenvalue weighted by molar-refractivity contribution is 0.116. The smallest absolute Gasteiger partial charge is 0.321 e. The summed E-state index contributed by atoms with van der Waals surface area (Å²) in [5.41, 5.74) is 0.844. The lowest BCUT2D eigenvalue weighted by atomic mass is 10.2. The van der Waals surface area contributed by atoms with Gasteiger partial charge in [-0.05, 0) is 26.2 Å². The molecule has 0 aromatic heterocycles. The number of rotatable bonds is 3. The summed E-state index contributed by atoms with van der Waals surface area (Å²) in [6, 6.07) is 9.94. The molecule has 1 aromatic carbocycles. The van der Waals surface area contributed by atoms with E-state index in [2.05, 4.69) is 22.6 Å². The zero-order valence-corrected chi connectivity index (χ0v) is 11.6. The first-order chi connectivity index (χ1) is 9.20. The Hall–Kier alpha value is -1.59. The molecule has 1 fully saturated rings. The number of carbonyl (C=O) groups excluding carboxylic acids is 1. The third-order valence-corrected chi connectivity index (χ3v) is 3.53. The number of likely N-dealkylation sites (N-methyl/N-ethyl adjacent to an activating group) is 2. The van der Waals surface area contributed by atoms with Gasteiger partial charge in [0.2, 0.25) is 0 Å². The maximum absolute atomic E-state index is 12.2. The second kappa shape index (κ2) is 6.54. The SMILES string of the molecule is CNCC1CN(C(=O)Nc2ccccc2)CCN1C. The Balaban J connectivity index is 1.92. The molecular weight excluding hydrogens is 240 g/mol. The van der Waals surface area contributed by atoms with Crippen molar-refractivity contribution < 1.29 is 4.79 Å². The molecule has 19 heavy (non-hydrogen) atoms. The number of nitrogens with one attached hydrogen (secondary N) is 2. The minimum atomic E-state index is -0.0135. The molecule has 0 bridgehead atoms. The number of hydrogen-bond acceptors (Lipinski definition) is 3. The molecule has 0 saturated carbocycles. The second-order valence-corrected chi connectivity index (χ2v) is 4.93. The zero-order chi connectivity index (χ0) is 13.7. The third-order valence-electron chi connectivity index (χ3n) is 3.53. The highest BCUT2D eigenvalue weighted by atomic mass is 16.2. The van der Waals surface area contributed by atoms with Crippen molar-refractivity contribution in [3.05, 3.63) is 30.3 Å². The number of para-hydroxylation sites is 1. The summed E-state index contributed by atoms with van der Waals surface area (Å²) < 4.78 is 0. The topological polar surface area (TPSA) is 47.6 Å². The summed E-state index contributed by atoms with van der Waals surface area (Å²) in [6.07, 6.45) is 0. The predicted molar refractivity (Wildman–Crippen MR) is 77.4 cm³/mol. The number of piperazine rings is 1. The van der Waals surface area contributed by atoms with E-state index in [4.69, 9.17) is 0 Å². The quantitative estimate of drug-likeness (QED) is 0.856. The lowest BCUT2D eigenvalue weighted by Gasteiger charge is -2.39. The molecule has 5 heteroatoms. The molecule has 0 spiro atoms. The highest BCUT2D eigenvalue weighted by Crippen LogP contribution is 2.11. The van der Waals surface area contributed by atoms with Gasteiger partial charge in [-0.2, -0.15) is 0 Å². The van der Waals surface area contributed by atoms with Crippen LogP contribution in [0.15, 0.2) is 30.3 Å². The molecule has 1 unspecified atom stereocenters. The fraction of sp³-hybridized carbons (Fsp3) is 0.500. The predicted octanol–water partition coefficient (Wildman–Crippen LogP) is 1.05. The number of benzene rings is 1. The van der Waals surface area contributed by atoms with Crippen molar-refractivity contribution in [2.24, 2.45) is 0 Å². The molecule has 1 saturated heterocycles. The summed E-state index contributed by atoms with van der Waals surface area (Å²) in [6.45, 7) is 3.34. The van der Waals surface area contributed by atoms with E-state index in [9.17, 15) is 4.79 Å². The van der Waals surface area contributed by atoms with Crippen LogP contribution < -0.4 is 10.6 Å². The molecule has 5 nitrogen and oxygen atoms in total. The maximum atomic E-state index is 12.2. The van der Waals surface area contributed by atoms with Gasteiger partial charge in [-0.25, -0.2) is 4.79 Å². The number of anilines is 1. The Bertz CT molecular complexity index is 409. The van der Waals surface area contributed by atoms with Crippen LogP contribution in [0.4, 0.5) is 10.5 Å². The fourth-order valence-corrected chi connectivity index (χ4v) is 2.31. The van der Waals surface area contributed by atoms with E-state index >= 15 is 0 Å². The lowest BCUT2D eigenvalue weighted by Crippen LogP contribution is -2.56. The molecular formula is C14H22N4O. The van der Waals surface area contributed by atoms with Crippen molar-refractivity contribution >= 4 is 11.7 Å². The van der Waals surface area contributed by atoms with Gasteiger partial charge in [0.15, 0.2) is 0 Å². The van der Waals surface area contributed by atoms with Crippen LogP contribution in [-0.4, -0.2) is 62.1 Å². The number of carbonyl (C=O) groups is 1. The molecule has 1 atom stereocenters. The summed E-state index contributed by atoms with van der Waals surface area (Å²) >= 11 is 0. The van der Waals surface area contributed by atoms with Gasteiger partial charge in [-0.15, -0.1) is 0 Å². The first-order valence-electron chi connectivity index (χ1n) is 6.66. The van der Waals surface area contributed by atoms with E-state index in [1.54, 1.807) is 0 Å². The van der Waals surface area contributed by atoms with Gasteiger partial charge >= 0.3 is 6.03 Å².